The summed E-state index contributed by atoms with van der Waals surface area (Å²) in [6.07, 6.45) is 1.50. The number of primary amides is 1. The van der Waals surface area contributed by atoms with E-state index in [0.29, 0.717) is 10.4 Å². The van der Waals surface area contributed by atoms with Crippen LogP contribution in [0.4, 0.5) is 4.79 Å². The van der Waals surface area contributed by atoms with Crippen LogP contribution in [0, 0.1) is 0 Å². The molecule has 0 unspecified atom stereocenters. The number of carboxylic acids is 1. The molecule has 0 saturated heterocycles. The summed E-state index contributed by atoms with van der Waals surface area (Å²) in [6.45, 7) is 0.148. The van der Waals surface area contributed by atoms with Gasteiger partial charge >= 0.3 is 12.1 Å². The molecule has 4 N–H and O–H groups in total. The third kappa shape index (κ3) is 5.68. The second kappa shape index (κ2) is 7.17. The monoisotopic (exact) mass is 284 g/mol. The number of aliphatic carboxylic acids is 1. The van der Waals surface area contributed by atoms with Gasteiger partial charge in [-0.2, -0.15) is 0 Å². The van der Waals surface area contributed by atoms with Gasteiger partial charge in [-0.05, 0) is 12.1 Å². The van der Waals surface area contributed by atoms with Crippen molar-refractivity contribution in [1.29, 1.82) is 0 Å². The van der Waals surface area contributed by atoms with Crippen LogP contribution < -0.4 is 11.1 Å². The Morgan fingerprint density at radius 2 is 2.21 bits per heavy atom. The fraction of sp³-hybridized carbons (Fsp3) is 0.182. The Hall–Kier alpha value is -2.35. The summed E-state index contributed by atoms with van der Waals surface area (Å²) in [5, 5.41) is 12.6. The van der Waals surface area contributed by atoms with E-state index in [-0.39, 0.29) is 19.1 Å². The van der Waals surface area contributed by atoms with Crippen molar-refractivity contribution in [2.24, 2.45) is 5.73 Å². The number of nitrogens with one attached hydrogen (secondary N) is 1. The molecule has 1 rings (SSSR count). The molecular formula is C11H12N2O5S. The molecule has 0 radical (unpaired) electrons. The molecule has 0 aromatic carbocycles. The van der Waals surface area contributed by atoms with Gasteiger partial charge in [0, 0.05) is 16.3 Å². The third-order valence-corrected chi connectivity index (χ3v) is 2.80. The standard InChI is InChI=1S/C11H12N2O5S/c12-11(17)18-4-3-13-10(16)7-5-8(19-6-7)1-2-9(14)15/h1-2,5-6H,3-4H2,(H2,12,17)(H,13,16)(H,14,15)/b2-1+. The van der Waals surface area contributed by atoms with Crippen molar-refractivity contribution in [1.82, 2.24) is 5.32 Å². The predicted molar refractivity (Wildman–Crippen MR) is 68.9 cm³/mol. The molecule has 0 aliphatic rings. The molecule has 2 amide bonds. The van der Waals surface area contributed by atoms with E-state index in [1.165, 1.54) is 17.4 Å². The summed E-state index contributed by atoms with van der Waals surface area (Å²) in [4.78, 5) is 32.9. The molecule has 0 saturated carbocycles. The maximum atomic E-state index is 11.6. The highest BCUT2D eigenvalue weighted by molar-refractivity contribution is 7.11. The molecule has 1 heterocycles. The van der Waals surface area contributed by atoms with E-state index in [1.54, 1.807) is 11.4 Å². The average molecular weight is 284 g/mol. The van der Waals surface area contributed by atoms with Crippen molar-refractivity contribution in [3.63, 3.8) is 0 Å². The van der Waals surface area contributed by atoms with E-state index in [4.69, 9.17) is 10.8 Å². The van der Waals surface area contributed by atoms with Crippen molar-refractivity contribution >= 4 is 35.4 Å². The van der Waals surface area contributed by atoms with Crippen LogP contribution in [0.2, 0.25) is 0 Å². The second-order valence-electron chi connectivity index (χ2n) is 3.33. The van der Waals surface area contributed by atoms with Gasteiger partial charge in [0.05, 0.1) is 12.1 Å². The van der Waals surface area contributed by atoms with E-state index in [9.17, 15) is 14.4 Å². The molecule has 0 bridgehead atoms. The Morgan fingerprint density at radius 1 is 1.47 bits per heavy atom. The molecule has 0 aliphatic carbocycles. The minimum atomic E-state index is -1.05. The maximum absolute atomic E-state index is 11.6. The summed E-state index contributed by atoms with van der Waals surface area (Å²) in [5.41, 5.74) is 5.16. The molecule has 0 atom stereocenters. The van der Waals surface area contributed by atoms with Crippen LogP contribution in [0.3, 0.4) is 0 Å². The van der Waals surface area contributed by atoms with Crippen molar-refractivity contribution in [3.8, 4) is 0 Å². The highest BCUT2D eigenvalue weighted by Crippen LogP contribution is 2.16. The number of carbonyl (C=O) groups is 3. The Morgan fingerprint density at radius 3 is 2.84 bits per heavy atom. The van der Waals surface area contributed by atoms with Crippen LogP contribution in [-0.4, -0.2) is 36.2 Å². The lowest BCUT2D eigenvalue weighted by Gasteiger charge is -2.03. The number of nitrogens with two attached hydrogens (primary N) is 1. The van der Waals surface area contributed by atoms with Crippen LogP contribution in [0.5, 0.6) is 0 Å². The molecule has 0 spiro atoms. The summed E-state index contributed by atoms with van der Waals surface area (Å²) < 4.78 is 4.45. The molecule has 8 heteroatoms. The number of thiophene rings is 1. The fourth-order valence-electron chi connectivity index (χ4n) is 1.13. The number of rotatable bonds is 6. The van der Waals surface area contributed by atoms with E-state index in [2.05, 4.69) is 10.1 Å². The van der Waals surface area contributed by atoms with Gasteiger partial charge in [-0.3, -0.25) is 4.79 Å². The number of carbonyl (C=O) groups excluding carboxylic acids is 2. The van der Waals surface area contributed by atoms with Crippen LogP contribution in [0.1, 0.15) is 15.2 Å². The first-order chi connectivity index (χ1) is 8.99. The smallest absolute Gasteiger partial charge is 0.404 e. The Kier molecular flexibility index (Phi) is 5.55. The molecule has 19 heavy (non-hydrogen) atoms. The molecular weight excluding hydrogens is 272 g/mol. The Labute approximate surface area is 112 Å². The highest BCUT2D eigenvalue weighted by Gasteiger charge is 2.07. The van der Waals surface area contributed by atoms with Crippen molar-refractivity contribution in [3.05, 3.63) is 28.0 Å². The lowest BCUT2D eigenvalue weighted by molar-refractivity contribution is -0.131. The molecule has 0 fully saturated rings. The zero-order chi connectivity index (χ0) is 14.3. The molecule has 1 aromatic rings. The van der Waals surface area contributed by atoms with Gasteiger partial charge in [-0.1, -0.05) is 0 Å². The summed E-state index contributed by atoms with van der Waals surface area (Å²) >= 11 is 1.25. The van der Waals surface area contributed by atoms with Gasteiger partial charge in [-0.15, -0.1) is 11.3 Å². The Balaban J connectivity index is 2.45. The van der Waals surface area contributed by atoms with Gasteiger partial charge in [0.1, 0.15) is 6.61 Å². The van der Waals surface area contributed by atoms with Gasteiger partial charge in [0.15, 0.2) is 0 Å². The SMILES string of the molecule is NC(=O)OCCNC(=O)c1csc(/C=C/C(=O)O)c1. The highest BCUT2D eigenvalue weighted by atomic mass is 32.1. The summed E-state index contributed by atoms with van der Waals surface area (Å²) in [5.74, 6) is -1.39. The fourth-order valence-corrected chi connectivity index (χ4v) is 1.91. The lowest BCUT2D eigenvalue weighted by atomic mass is 10.3. The molecule has 7 nitrogen and oxygen atoms in total. The third-order valence-electron chi connectivity index (χ3n) is 1.90. The largest absolute Gasteiger partial charge is 0.478 e. The van der Waals surface area contributed by atoms with Gasteiger partial charge in [0.2, 0.25) is 0 Å². The van der Waals surface area contributed by atoms with Crippen LogP contribution in [0.25, 0.3) is 6.08 Å². The zero-order valence-corrected chi connectivity index (χ0v) is 10.6. The van der Waals surface area contributed by atoms with E-state index >= 15 is 0 Å². The first kappa shape index (κ1) is 14.7. The lowest BCUT2D eigenvalue weighted by Crippen LogP contribution is -2.28. The number of hydrogen-bond acceptors (Lipinski definition) is 5. The minimum Gasteiger partial charge on any atom is -0.478 e. The number of carboxylic acid groups (broad SMARTS) is 1. The number of amides is 2. The number of ether oxygens (including phenoxy) is 1. The number of hydrogen-bond donors (Lipinski definition) is 3. The minimum absolute atomic E-state index is 0.00299. The second-order valence-corrected chi connectivity index (χ2v) is 4.28. The van der Waals surface area contributed by atoms with Crippen molar-refractivity contribution in [2.75, 3.05) is 13.2 Å². The quantitative estimate of drug-likeness (QED) is 0.524. The maximum Gasteiger partial charge on any atom is 0.404 e. The molecule has 1 aromatic heterocycles. The average Bonchev–Trinajstić information content (AvgIpc) is 2.80. The van der Waals surface area contributed by atoms with Crippen LogP contribution in [0.15, 0.2) is 17.5 Å². The first-order valence-electron chi connectivity index (χ1n) is 5.19. The van der Waals surface area contributed by atoms with Crippen molar-refractivity contribution < 1.29 is 24.2 Å². The van der Waals surface area contributed by atoms with Gasteiger partial charge in [0.25, 0.3) is 5.91 Å². The zero-order valence-electron chi connectivity index (χ0n) is 9.79. The van der Waals surface area contributed by atoms with Gasteiger partial charge in [-0.25, -0.2) is 9.59 Å². The normalized spacial score (nSPS) is 10.3. The molecule has 0 aliphatic heterocycles. The van der Waals surface area contributed by atoms with Crippen molar-refractivity contribution in [2.45, 2.75) is 0 Å². The summed E-state index contributed by atoms with van der Waals surface area (Å²) in [6, 6.07) is 1.56. The van der Waals surface area contributed by atoms with Crippen LogP contribution >= 0.6 is 11.3 Å². The Bertz CT molecular complexity index is 509. The topological polar surface area (TPSA) is 119 Å². The predicted octanol–water partition coefficient (Wildman–Crippen LogP) is 0.671. The van der Waals surface area contributed by atoms with E-state index in [1.807, 2.05) is 0 Å². The van der Waals surface area contributed by atoms with Crippen LogP contribution in [-0.2, 0) is 9.53 Å². The van der Waals surface area contributed by atoms with Gasteiger partial charge < -0.3 is 20.9 Å². The van der Waals surface area contributed by atoms with E-state index < -0.39 is 12.1 Å². The summed E-state index contributed by atoms with van der Waals surface area (Å²) in [7, 11) is 0. The van der Waals surface area contributed by atoms with E-state index in [0.717, 1.165) is 6.08 Å². The molecule has 102 valence electrons. The first-order valence-corrected chi connectivity index (χ1v) is 6.07.